The number of nitrogens with zero attached hydrogens (tertiary/aromatic N) is 2. The van der Waals surface area contributed by atoms with Crippen molar-refractivity contribution >= 4 is 35.2 Å². The fraction of sp³-hybridized carbons (Fsp3) is 0.333. The first-order chi connectivity index (χ1) is 7.15. The van der Waals surface area contributed by atoms with Gasteiger partial charge in [-0.1, -0.05) is 11.6 Å². The Labute approximate surface area is 102 Å². The molecule has 0 atom stereocenters. The molecule has 15 heavy (non-hydrogen) atoms. The number of H-pyrrole nitrogens is 1. The summed E-state index contributed by atoms with van der Waals surface area (Å²) in [6, 6.07) is 0. The molecule has 3 nitrogen and oxygen atoms in total. The molecule has 2 heterocycles. The summed E-state index contributed by atoms with van der Waals surface area (Å²) < 4.78 is 2.57. The monoisotopic (exact) mass is 259 g/mol. The van der Waals surface area contributed by atoms with Gasteiger partial charge in [0, 0.05) is 6.54 Å². The third kappa shape index (κ3) is 1.75. The third-order valence-electron chi connectivity index (χ3n) is 2.18. The molecule has 2 aromatic rings. The maximum Gasteiger partial charge on any atom is 0.195 e. The van der Waals surface area contributed by atoms with E-state index in [1.54, 1.807) is 11.3 Å². The van der Waals surface area contributed by atoms with Crippen LogP contribution in [0.5, 0.6) is 0 Å². The number of hydrogen-bond donors (Lipinski definition) is 1. The maximum atomic E-state index is 6.19. The molecule has 0 saturated carbocycles. The van der Waals surface area contributed by atoms with Crippen molar-refractivity contribution in [1.29, 1.82) is 0 Å². The molecule has 0 unspecified atom stereocenters. The second-order valence-corrected chi connectivity index (χ2v) is 4.80. The fourth-order valence-corrected chi connectivity index (χ4v) is 2.90. The molecule has 0 aromatic carbocycles. The molecule has 0 amide bonds. The molecule has 0 spiro atoms. The third-order valence-corrected chi connectivity index (χ3v) is 4.18. The minimum atomic E-state index is 0.634. The van der Waals surface area contributed by atoms with Crippen molar-refractivity contribution in [3.05, 3.63) is 20.7 Å². The number of nitrogens with one attached hydrogen (secondary N) is 1. The highest BCUT2D eigenvalue weighted by Crippen LogP contribution is 2.35. The highest BCUT2D eigenvalue weighted by atomic mass is 35.5. The fourth-order valence-electron chi connectivity index (χ4n) is 1.37. The molecule has 6 heteroatoms. The van der Waals surface area contributed by atoms with E-state index in [1.165, 1.54) is 0 Å². The lowest BCUT2D eigenvalue weighted by atomic mass is 10.3. The number of aromatic amines is 1. The van der Waals surface area contributed by atoms with E-state index in [-0.39, 0.29) is 0 Å². The minimum Gasteiger partial charge on any atom is -0.300 e. The number of aromatic nitrogens is 3. The number of thiophene rings is 1. The van der Waals surface area contributed by atoms with Crippen molar-refractivity contribution in [2.45, 2.75) is 20.4 Å². The van der Waals surface area contributed by atoms with Gasteiger partial charge in [0.1, 0.15) is 0 Å². The quantitative estimate of drug-likeness (QED) is 0.836. The maximum absolute atomic E-state index is 6.19. The van der Waals surface area contributed by atoms with Crippen LogP contribution in [0.2, 0.25) is 5.02 Å². The number of halogens is 1. The summed E-state index contributed by atoms with van der Waals surface area (Å²) in [5.41, 5.74) is 1.08. The smallest absolute Gasteiger partial charge is 0.195 e. The average Bonchev–Trinajstić information content (AvgIpc) is 2.73. The molecular weight excluding hydrogens is 250 g/mol. The SMILES string of the molecule is CCn1c(-c2scc(C)c2Cl)n[nH]c1=S. The van der Waals surface area contributed by atoms with Gasteiger partial charge in [0.05, 0.1) is 9.90 Å². The Morgan fingerprint density at radius 3 is 2.93 bits per heavy atom. The summed E-state index contributed by atoms with van der Waals surface area (Å²) in [5.74, 6) is 0.825. The first kappa shape index (κ1) is 10.9. The van der Waals surface area contributed by atoms with Crippen molar-refractivity contribution < 1.29 is 0 Å². The number of hydrogen-bond acceptors (Lipinski definition) is 3. The van der Waals surface area contributed by atoms with E-state index in [9.17, 15) is 0 Å². The molecular formula is C9H10ClN3S2. The van der Waals surface area contributed by atoms with Crippen LogP contribution in [0.3, 0.4) is 0 Å². The predicted molar refractivity (Wildman–Crippen MR) is 66.1 cm³/mol. The minimum absolute atomic E-state index is 0.634. The Morgan fingerprint density at radius 2 is 2.40 bits per heavy atom. The Hall–Kier alpha value is -0.650. The summed E-state index contributed by atoms with van der Waals surface area (Å²) >= 11 is 12.9. The molecule has 1 N–H and O–H groups in total. The lowest BCUT2D eigenvalue weighted by molar-refractivity contribution is 0.757. The zero-order chi connectivity index (χ0) is 11.0. The molecule has 0 bridgehead atoms. The first-order valence-corrected chi connectivity index (χ1v) is 6.21. The Morgan fingerprint density at radius 1 is 1.67 bits per heavy atom. The standard InChI is InChI=1S/C9H10ClN3S2/c1-3-13-8(11-12-9(13)14)7-6(10)5(2)4-15-7/h4H,3H2,1-2H3,(H,12,14). The van der Waals surface area contributed by atoms with Crippen molar-refractivity contribution in [2.75, 3.05) is 0 Å². The summed E-state index contributed by atoms with van der Waals surface area (Å²) in [6.45, 7) is 4.81. The largest absolute Gasteiger partial charge is 0.300 e. The zero-order valence-electron chi connectivity index (χ0n) is 8.37. The number of rotatable bonds is 2. The van der Waals surface area contributed by atoms with Crippen LogP contribution in [0, 0.1) is 11.7 Å². The Bertz CT molecular complexity index is 538. The molecule has 0 fully saturated rings. The van der Waals surface area contributed by atoms with Gasteiger partial charge in [-0.2, -0.15) is 5.10 Å². The van der Waals surface area contributed by atoms with Gasteiger partial charge in [-0.15, -0.1) is 11.3 Å². The zero-order valence-corrected chi connectivity index (χ0v) is 10.8. The second kappa shape index (κ2) is 4.08. The van der Waals surface area contributed by atoms with Gasteiger partial charge < -0.3 is 0 Å². The summed E-state index contributed by atoms with van der Waals surface area (Å²) in [6.07, 6.45) is 0. The van der Waals surface area contributed by atoms with E-state index >= 15 is 0 Å². The summed E-state index contributed by atoms with van der Waals surface area (Å²) in [5, 5.41) is 9.78. The van der Waals surface area contributed by atoms with Crippen molar-refractivity contribution in [2.24, 2.45) is 0 Å². The van der Waals surface area contributed by atoms with Gasteiger partial charge in [0.2, 0.25) is 0 Å². The van der Waals surface area contributed by atoms with Gasteiger partial charge >= 0.3 is 0 Å². The predicted octanol–water partition coefficient (Wildman–Crippen LogP) is 3.65. The van der Waals surface area contributed by atoms with Crippen molar-refractivity contribution in [3.8, 4) is 10.7 Å². The van der Waals surface area contributed by atoms with Gasteiger partial charge in [0.15, 0.2) is 10.6 Å². The lowest BCUT2D eigenvalue weighted by Crippen LogP contribution is -1.96. The van der Waals surface area contributed by atoms with Gasteiger partial charge in [-0.3, -0.25) is 9.67 Å². The van der Waals surface area contributed by atoms with Crippen LogP contribution in [0.1, 0.15) is 12.5 Å². The van der Waals surface area contributed by atoms with E-state index in [1.807, 2.05) is 23.8 Å². The van der Waals surface area contributed by atoms with E-state index in [0.29, 0.717) is 4.77 Å². The average molecular weight is 260 g/mol. The highest BCUT2D eigenvalue weighted by Gasteiger charge is 2.14. The van der Waals surface area contributed by atoms with E-state index in [0.717, 1.165) is 27.8 Å². The molecule has 0 aliphatic heterocycles. The molecule has 80 valence electrons. The molecule has 0 radical (unpaired) electrons. The van der Waals surface area contributed by atoms with Gasteiger partial charge in [-0.05, 0) is 37.0 Å². The van der Waals surface area contributed by atoms with Crippen LogP contribution in [-0.4, -0.2) is 14.8 Å². The topological polar surface area (TPSA) is 33.6 Å². The van der Waals surface area contributed by atoms with Crippen LogP contribution in [0.15, 0.2) is 5.38 Å². The van der Waals surface area contributed by atoms with Crippen molar-refractivity contribution in [1.82, 2.24) is 14.8 Å². The van der Waals surface area contributed by atoms with Crippen LogP contribution in [-0.2, 0) is 6.54 Å². The van der Waals surface area contributed by atoms with Crippen LogP contribution < -0.4 is 0 Å². The molecule has 0 aliphatic carbocycles. The van der Waals surface area contributed by atoms with Crippen LogP contribution >= 0.6 is 35.2 Å². The second-order valence-electron chi connectivity index (χ2n) is 3.16. The molecule has 0 saturated heterocycles. The van der Waals surface area contributed by atoms with Crippen LogP contribution in [0.25, 0.3) is 10.7 Å². The van der Waals surface area contributed by atoms with Crippen molar-refractivity contribution in [3.63, 3.8) is 0 Å². The summed E-state index contributed by atoms with van der Waals surface area (Å²) in [7, 11) is 0. The normalized spacial score (nSPS) is 10.9. The summed E-state index contributed by atoms with van der Waals surface area (Å²) in [4.78, 5) is 0.975. The Balaban J connectivity index is 2.64. The highest BCUT2D eigenvalue weighted by molar-refractivity contribution is 7.71. The first-order valence-electron chi connectivity index (χ1n) is 4.54. The van der Waals surface area contributed by atoms with Gasteiger partial charge in [-0.25, -0.2) is 0 Å². The van der Waals surface area contributed by atoms with Gasteiger partial charge in [0.25, 0.3) is 0 Å². The van der Waals surface area contributed by atoms with E-state index in [2.05, 4.69) is 10.2 Å². The van der Waals surface area contributed by atoms with Crippen LogP contribution in [0.4, 0.5) is 0 Å². The van der Waals surface area contributed by atoms with E-state index < -0.39 is 0 Å². The molecule has 2 rings (SSSR count). The molecule has 0 aliphatic rings. The molecule has 2 aromatic heterocycles. The van der Waals surface area contributed by atoms with E-state index in [4.69, 9.17) is 23.8 Å². The Kier molecular flexibility index (Phi) is 2.95. The number of aryl methyl sites for hydroxylation is 1. The lowest BCUT2D eigenvalue weighted by Gasteiger charge is -2.01.